The topological polar surface area (TPSA) is 57.8 Å². The van der Waals surface area contributed by atoms with E-state index in [1.807, 2.05) is 65.5 Å². The lowest BCUT2D eigenvalue weighted by atomic mass is 10.2. The lowest BCUT2D eigenvalue weighted by molar-refractivity contribution is 0.0467. The van der Waals surface area contributed by atoms with Gasteiger partial charge < -0.3 is 18.4 Å². The van der Waals surface area contributed by atoms with Crippen LogP contribution in [0.15, 0.2) is 54.9 Å². The second-order valence-corrected chi connectivity index (χ2v) is 7.15. The Kier molecular flexibility index (Phi) is 5.03. The number of carbonyl (C=O) groups is 1. The first-order valence-electron chi connectivity index (χ1n) is 9.10. The SMILES string of the molecule is COc1ccc(Cl)cc1-n1c(C)cc(C(=O)OCc2cn3ccccc3n2)c1C. The largest absolute Gasteiger partial charge is 0.495 e. The van der Waals surface area contributed by atoms with Crippen LogP contribution in [0, 0.1) is 13.8 Å². The van der Waals surface area contributed by atoms with Crippen LogP contribution in [0.5, 0.6) is 5.75 Å². The molecule has 29 heavy (non-hydrogen) atoms. The van der Waals surface area contributed by atoms with Crippen molar-refractivity contribution in [3.8, 4) is 11.4 Å². The number of imidazole rings is 1. The molecular weight excluding hydrogens is 390 g/mol. The van der Waals surface area contributed by atoms with Gasteiger partial charge in [0.05, 0.1) is 24.1 Å². The van der Waals surface area contributed by atoms with Crippen molar-refractivity contribution >= 4 is 23.2 Å². The summed E-state index contributed by atoms with van der Waals surface area (Å²) in [6.45, 7) is 3.89. The molecule has 0 N–H and O–H groups in total. The number of rotatable bonds is 5. The summed E-state index contributed by atoms with van der Waals surface area (Å²) in [7, 11) is 1.60. The predicted molar refractivity (Wildman–Crippen MR) is 111 cm³/mol. The lowest BCUT2D eigenvalue weighted by Gasteiger charge is -2.14. The van der Waals surface area contributed by atoms with E-state index in [0.29, 0.717) is 22.0 Å². The van der Waals surface area contributed by atoms with Gasteiger partial charge in [-0.05, 0) is 50.2 Å². The van der Waals surface area contributed by atoms with Gasteiger partial charge in [-0.25, -0.2) is 9.78 Å². The van der Waals surface area contributed by atoms with Crippen molar-refractivity contribution in [2.24, 2.45) is 0 Å². The summed E-state index contributed by atoms with van der Waals surface area (Å²) in [5.41, 5.74) is 4.40. The van der Waals surface area contributed by atoms with E-state index in [-0.39, 0.29) is 6.61 Å². The molecule has 6 nitrogen and oxygen atoms in total. The molecule has 1 aromatic carbocycles. The highest BCUT2D eigenvalue weighted by Crippen LogP contribution is 2.31. The fourth-order valence-corrected chi connectivity index (χ4v) is 3.62. The van der Waals surface area contributed by atoms with Gasteiger partial charge in [0.2, 0.25) is 0 Å². The van der Waals surface area contributed by atoms with Crippen LogP contribution in [-0.2, 0) is 11.3 Å². The van der Waals surface area contributed by atoms with Crippen LogP contribution in [0.4, 0.5) is 0 Å². The van der Waals surface area contributed by atoms with Crippen molar-refractivity contribution in [1.29, 1.82) is 0 Å². The molecule has 0 unspecified atom stereocenters. The van der Waals surface area contributed by atoms with Crippen LogP contribution in [0.3, 0.4) is 0 Å². The van der Waals surface area contributed by atoms with Crippen molar-refractivity contribution in [3.63, 3.8) is 0 Å². The standard InChI is InChI=1S/C22H20ClN3O3/c1-14-10-18(15(2)26(14)19-11-16(23)7-8-20(19)28-3)22(27)29-13-17-12-25-9-5-4-6-21(25)24-17/h4-12H,13H2,1-3H3. The Balaban J connectivity index is 1.60. The highest BCUT2D eigenvalue weighted by Gasteiger charge is 2.20. The van der Waals surface area contributed by atoms with Gasteiger partial charge in [0.25, 0.3) is 0 Å². The Hall–Kier alpha value is -3.25. The Morgan fingerprint density at radius 2 is 2.00 bits per heavy atom. The Bertz CT molecular complexity index is 1180. The molecule has 0 atom stereocenters. The van der Waals surface area contributed by atoms with Gasteiger partial charge in [0, 0.05) is 28.8 Å². The van der Waals surface area contributed by atoms with Gasteiger partial charge in [-0.3, -0.25) is 0 Å². The maximum Gasteiger partial charge on any atom is 0.340 e. The quantitative estimate of drug-likeness (QED) is 0.446. The average molecular weight is 410 g/mol. The first-order chi connectivity index (χ1) is 14.0. The van der Waals surface area contributed by atoms with Crippen molar-refractivity contribution in [1.82, 2.24) is 14.0 Å². The smallest absolute Gasteiger partial charge is 0.340 e. The van der Waals surface area contributed by atoms with Gasteiger partial charge in [-0.15, -0.1) is 0 Å². The summed E-state index contributed by atoms with van der Waals surface area (Å²) in [6, 6.07) is 12.9. The number of esters is 1. The maximum atomic E-state index is 12.7. The highest BCUT2D eigenvalue weighted by atomic mass is 35.5. The van der Waals surface area contributed by atoms with E-state index in [9.17, 15) is 4.79 Å². The average Bonchev–Trinajstić information content (AvgIpc) is 3.26. The molecule has 0 bridgehead atoms. The Morgan fingerprint density at radius 3 is 2.76 bits per heavy atom. The molecule has 0 saturated carbocycles. The van der Waals surface area contributed by atoms with Crippen molar-refractivity contribution in [2.75, 3.05) is 7.11 Å². The number of aromatic nitrogens is 3. The molecule has 148 valence electrons. The highest BCUT2D eigenvalue weighted by molar-refractivity contribution is 6.30. The number of hydrogen-bond acceptors (Lipinski definition) is 4. The number of nitrogens with zero attached hydrogens (tertiary/aromatic N) is 3. The minimum absolute atomic E-state index is 0.102. The number of halogens is 1. The number of pyridine rings is 1. The molecule has 0 aliphatic carbocycles. The van der Waals surface area contributed by atoms with Crippen LogP contribution >= 0.6 is 11.6 Å². The number of benzene rings is 1. The minimum Gasteiger partial charge on any atom is -0.495 e. The molecule has 0 saturated heterocycles. The van der Waals surface area contributed by atoms with Gasteiger partial charge in [0.1, 0.15) is 18.0 Å². The molecule has 0 spiro atoms. The number of fused-ring (bicyclic) bond motifs is 1. The number of carbonyl (C=O) groups excluding carboxylic acids is 1. The molecule has 0 amide bonds. The first kappa shape index (κ1) is 19.1. The van der Waals surface area contributed by atoms with E-state index in [4.69, 9.17) is 21.1 Å². The van der Waals surface area contributed by atoms with Crippen molar-refractivity contribution in [3.05, 3.63) is 82.5 Å². The molecule has 0 radical (unpaired) electrons. The molecule has 0 fully saturated rings. The van der Waals surface area contributed by atoms with Crippen LogP contribution in [0.2, 0.25) is 5.02 Å². The molecular formula is C22H20ClN3O3. The number of hydrogen-bond donors (Lipinski definition) is 0. The van der Waals surface area contributed by atoms with Crippen molar-refractivity contribution in [2.45, 2.75) is 20.5 Å². The van der Waals surface area contributed by atoms with Crippen LogP contribution in [0.1, 0.15) is 27.4 Å². The van der Waals surface area contributed by atoms with E-state index < -0.39 is 5.97 Å². The van der Waals surface area contributed by atoms with E-state index in [1.54, 1.807) is 19.2 Å². The zero-order valence-electron chi connectivity index (χ0n) is 16.3. The maximum absolute atomic E-state index is 12.7. The van der Waals surface area contributed by atoms with E-state index in [0.717, 1.165) is 22.7 Å². The lowest BCUT2D eigenvalue weighted by Crippen LogP contribution is -2.08. The Labute approximate surface area is 173 Å². The van der Waals surface area contributed by atoms with Gasteiger partial charge in [-0.2, -0.15) is 0 Å². The molecule has 3 aromatic heterocycles. The zero-order chi connectivity index (χ0) is 20.5. The number of aryl methyl sites for hydroxylation is 1. The molecule has 3 heterocycles. The fraction of sp³-hybridized carbons (Fsp3) is 0.182. The summed E-state index contributed by atoms with van der Waals surface area (Å²) in [4.78, 5) is 17.2. The molecule has 4 aromatic rings. The molecule has 0 aliphatic heterocycles. The number of ether oxygens (including phenoxy) is 2. The van der Waals surface area contributed by atoms with Crippen LogP contribution in [0.25, 0.3) is 11.3 Å². The first-order valence-corrected chi connectivity index (χ1v) is 9.48. The second-order valence-electron chi connectivity index (χ2n) is 6.71. The summed E-state index contributed by atoms with van der Waals surface area (Å²) < 4.78 is 14.8. The van der Waals surface area contributed by atoms with Gasteiger partial charge >= 0.3 is 5.97 Å². The normalized spacial score (nSPS) is 11.0. The summed E-state index contributed by atoms with van der Waals surface area (Å²) in [5, 5.41) is 0.587. The monoisotopic (exact) mass is 409 g/mol. The third-order valence-corrected chi connectivity index (χ3v) is 5.03. The van der Waals surface area contributed by atoms with Crippen molar-refractivity contribution < 1.29 is 14.3 Å². The predicted octanol–water partition coefficient (Wildman–Crippen LogP) is 4.76. The minimum atomic E-state index is -0.401. The zero-order valence-corrected chi connectivity index (χ0v) is 17.1. The third kappa shape index (κ3) is 3.59. The molecule has 4 rings (SSSR count). The molecule has 0 aliphatic rings. The van der Waals surface area contributed by atoms with E-state index in [1.165, 1.54) is 0 Å². The van der Waals surface area contributed by atoms with Crippen LogP contribution in [-0.4, -0.2) is 27.0 Å². The van der Waals surface area contributed by atoms with Gasteiger partial charge in [-0.1, -0.05) is 17.7 Å². The summed E-state index contributed by atoms with van der Waals surface area (Å²) in [6.07, 6.45) is 3.75. The Morgan fingerprint density at radius 1 is 1.17 bits per heavy atom. The van der Waals surface area contributed by atoms with E-state index in [2.05, 4.69) is 4.98 Å². The van der Waals surface area contributed by atoms with Crippen LogP contribution < -0.4 is 4.74 Å². The molecule has 7 heteroatoms. The number of methoxy groups -OCH3 is 1. The summed E-state index contributed by atoms with van der Waals surface area (Å²) >= 11 is 6.18. The van der Waals surface area contributed by atoms with Gasteiger partial charge in [0.15, 0.2) is 0 Å². The third-order valence-electron chi connectivity index (χ3n) is 4.80. The second kappa shape index (κ2) is 7.64. The van der Waals surface area contributed by atoms with E-state index >= 15 is 0 Å². The fourth-order valence-electron chi connectivity index (χ4n) is 3.45. The summed E-state index contributed by atoms with van der Waals surface area (Å²) in [5.74, 6) is 0.267.